The fourth-order valence-corrected chi connectivity index (χ4v) is 3.44. The van der Waals surface area contributed by atoms with E-state index in [9.17, 15) is 0 Å². The molecule has 1 aromatic carbocycles. The zero-order valence-corrected chi connectivity index (χ0v) is 14.6. The SMILES string of the molecule is c1ccc(CN2CCCC(c3ccnc(Nc4cncnc4)n3)C2)cc1. The smallest absolute Gasteiger partial charge is 0.227 e. The fourth-order valence-electron chi connectivity index (χ4n) is 3.44. The second kappa shape index (κ2) is 8.01. The molecule has 0 radical (unpaired) electrons. The summed E-state index contributed by atoms with van der Waals surface area (Å²) in [7, 11) is 0. The second-order valence-electron chi connectivity index (χ2n) is 6.62. The van der Waals surface area contributed by atoms with Crippen LogP contribution in [0.3, 0.4) is 0 Å². The van der Waals surface area contributed by atoms with Crippen LogP contribution in [0.1, 0.15) is 30.0 Å². The number of anilines is 2. The van der Waals surface area contributed by atoms with E-state index in [1.165, 1.54) is 18.3 Å². The molecular formula is C20H22N6. The van der Waals surface area contributed by atoms with E-state index < -0.39 is 0 Å². The Hall–Kier alpha value is -2.86. The predicted molar refractivity (Wildman–Crippen MR) is 101 cm³/mol. The molecule has 2 aromatic heterocycles. The summed E-state index contributed by atoms with van der Waals surface area (Å²) >= 11 is 0. The fraction of sp³-hybridized carbons (Fsp3) is 0.300. The standard InChI is InChI=1S/C20H22N6/c1-2-5-16(6-3-1)13-26-10-4-7-17(14-26)19-8-9-23-20(25-19)24-18-11-21-15-22-12-18/h1-3,5-6,8-9,11-12,15,17H,4,7,10,13-14H2,(H,23,24,25). The van der Waals surface area contributed by atoms with E-state index >= 15 is 0 Å². The van der Waals surface area contributed by atoms with Crippen molar-refractivity contribution in [2.75, 3.05) is 18.4 Å². The summed E-state index contributed by atoms with van der Waals surface area (Å²) in [5.74, 6) is 1.03. The number of hydrogen-bond donors (Lipinski definition) is 1. The van der Waals surface area contributed by atoms with E-state index in [1.807, 2.05) is 12.3 Å². The largest absolute Gasteiger partial charge is 0.322 e. The first-order valence-electron chi connectivity index (χ1n) is 8.98. The average molecular weight is 346 g/mol. The predicted octanol–water partition coefficient (Wildman–Crippen LogP) is 3.39. The number of nitrogens with one attached hydrogen (secondary N) is 1. The van der Waals surface area contributed by atoms with Crippen molar-refractivity contribution >= 4 is 11.6 Å². The van der Waals surface area contributed by atoms with Crippen LogP contribution in [0.25, 0.3) is 0 Å². The third-order valence-corrected chi connectivity index (χ3v) is 4.67. The quantitative estimate of drug-likeness (QED) is 0.764. The maximum absolute atomic E-state index is 4.73. The molecule has 0 aliphatic carbocycles. The van der Waals surface area contributed by atoms with Crippen LogP contribution < -0.4 is 5.32 Å². The van der Waals surface area contributed by atoms with Crippen LogP contribution in [0.15, 0.2) is 61.3 Å². The molecule has 1 fully saturated rings. The summed E-state index contributed by atoms with van der Waals surface area (Å²) in [6.07, 6.45) is 9.11. The zero-order chi connectivity index (χ0) is 17.6. The number of nitrogens with zero attached hydrogens (tertiary/aromatic N) is 5. The van der Waals surface area contributed by atoms with E-state index in [2.05, 4.69) is 55.5 Å². The molecule has 3 heterocycles. The van der Waals surface area contributed by atoms with Gasteiger partial charge in [0.25, 0.3) is 0 Å². The van der Waals surface area contributed by atoms with Crippen molar-refractivity contribution in [2.24, 2.45) is 0 Å². The Morgan fingerprint density at radius 2 is 1.92 bits per heavy atom. The van der Waals surface area contributed by atoms with Gasteiger partial charge in [-0.2, -0.15) is 0 Å². The van der Waals surface area contributed by atoms with Gasteiger partial charge in [0, 0.05) is 25.2 Å². The van der Waals surface area contributed by atoms with Crippen LogP contribution in [0.2, 0.25) is 0 Å². The minimum Gasteiger partial charge on any atom is -0.322 e. The van der Waals surface area contributed by atoms with Gasteiger partial charge in [0.05, 0.1) is 23.8 Å². The molecule has 1 atom stereocenters. The average Bonchev–Trinajstić information content (AvgIpc) is 2.70. The second-order valence-corrected chi connectivity index (χ2v) is 6.62. The highest BCUT2D eigenvalue weighted by Crippen LogP contribution is 2.27. The van der Waals surface area contributed by atoms with Gasteiger partial charge >= 0.3 is 0 Å². The molecule has 1 aliphatic heterocycles. The molecule has 0 spiro atoms. The molecule has 1 unspecified atom stereocenters. The highest BCUT2D eigenvalue weighted by Gasteiger charge is 2.22. The Bertz CT molecular complexity index is 824. The number of piperidine rings is 1. The van der Waals surface area contributed by atoms with E-state index in [0.29, 0.717) is 11.9 Å². The Morgan fingerprint density at radius 3 is 2.77 bits per heavy atom. The molecule has 1 saturated heterocycles. The lowest BCUT2D eigenvalue weighted by atomic mass is 9.94. The van der Waals surface area contributed by atoms with E-state index in [-0.39, 0.29) is 0 Å². The van der Waals surface area contributed by atoms with Crippen molar-refractivity contribution in [3.63, 3.8) is 0 Å². The number of rotatable bonds is 5. The number of likely N-dealkylation sites (tertiary alicyclic amines) is 1. The van der Waals surface area contributed by atoms with Crippen LogP contribution in [-0.2, 0) is 6.54 Å². The topological polar surface area (TPSA) is 66.8 Å². The Balaban J connectivity index is 1.44. The summed E-state index contributed by atoms with van der Waals surface area (Å²) < 4.78 is 0. The van der Waals surface area contributed by atoms with Gasteiger partial charge in [-0.1, -0.05) is 30.3 Å². The molecule has 3 aromatic rings. The highest BCUT2D eigenvalue weighted by atomic mass is 15.1. The maximum atomic E-state index is 4.73. The Kier molecular flexibility index (Phi) is 5.12. The molecule has 1 N–H and O–H groups in total. The van der Waals surface area contributed by atoms with Crippen LogP contribution >= 0.6 is 0 Å². The molecule has 0 saturated carbocycles. The molecule has 26 heavy (non-hydrogen) atoms. The minimum absolute atomic E-state index is 0.433. The lowest BCUT2D eigenvalue weighted by Gasteiger charge is -2.32. The molecule has 6 heteroatoms. The number of aromatic nitrogens is 4. The summed E-state index contributed by atoms with van der Waals surface area (Å²) in [5, 5.41) is 3.17. The third kappa shape index (κ3) is 4.21. The molecular weight excluding hydrogens is 324 g/mol. The van der Waals surface area contributed by atoms with Crippen LogP contribution in [-0.4, -0.2) is 37.9 Å². The van der Waals surface area contributed by atoms with E-state index in [4.69, 9.17) is 4.98 Å². The Morgan fingerprint density at radius 1 is 1.08 bits per heavy atom. The number of benzene rings is 1. The van der Waals surface area contributed by atoms with Gasteiger partial charge < -0.3 is 5.32 Å². The van der Waals surface area contributed by atoms with Crippen molar-refractivity contribution in [3.05, 3.63) is 72.6 Å². The van der Waals surface area contributed by atoms with Crippen molar-refractivity contribution < 1.29 is 0 Å². The first-order chi connectivity index (χ1) is 12.9. The van der Waals surface area contributed by atoms with Crippen LogP contribution in [0.5, 0.6) is 0 Å². The van der Waals surface area contributed by atoms with Crippen molar-refractivity contribution in [1.82, 2.24) is 24.8 Å². The third-order valence-electron chi connectivity index (χ3n) is 4.67. The summed E-state index contributed by atoms with van der Waals surface area (Å²) in [6.45, 7) is 3.16. The first kappa shape index (κ1) is 16.6. The van der Waals surface area contributed by atoms with Gasteiger partial charge in [0.1, 0.15) is 6.33 Å². The maximum Gasteiger partial charge on any atom is 0.227 e. The summed E-state index contributed by atoms with van der Waals surface area (Å²) in [6, 6.07) is 12.7. The minimum atomic E-state index is 0.433. The lowest BCUT2D eigenvalue weighted by Crippen LogP contribution is -2.34. The number of hydrogen-bond acceptors (Lipinski definition) is 6. The van der Waals surface area contributed by atoms with Gasteiger partial charge in [-0.05, 0) is 31.0 Å². The molecule has 4 rings (SSSR count). The Labute approximate surface area is 153 Å². The van der Waals surface area contributed by atoms with Crippen LogP contribution in [0, 0.1) is 0 Å². The van der Waals surface area contributed by atoms with Crippen molar-refractivity contribution in [2.45, 2.75) is 25.3 Å². The first-order valence-corrected chi connectivity index (χ1v) is 8.98. The van der Waals surface area contributed by atoms with Crippen molar-refractivity contribution in [1.29, 1.82) is 0 Å². The molecule has 6 nitrogen and oxygen atoms in total. The van der Waals surface area contributed by atoms with Crippen LogP contribution in [0.4, 0.5) is 11.6 Å². The van der Waals surface area contributed by atoms with Gasteiger partial charge in [-0.3, -0.25) is 4.90 Å². The zero-order valence-electron chi connectivity index (χ0n) is 14.6. The molecule has 132 valence electrons. The lowest BCUT2D eigenvalue weighted by molar-refractivity contribution is 0.198. The summed E-state index contributed by atoms with van der Waals surface area (Å²) in [4.78, 5) is 19.6. The monoisotopic (exact) mass is 346 g/mol. The van der Waals surface area contributed by atoms with E-state index in [0.717, 1.165) is 37.4 Å². The van der Waals surface area contributed by atoms with Gasteiger partial charge in [0.2, 0.25) is 5.95 Å². The molecule has 1 aliphatic rings. The van der Waals surface area contributed by atoms with Gasteiger partial charge in [-0.15, -0.1) is 0 Å². The molecule has 0 amide bonds. The van der Waals surface area contributed by atoms with Gasteiger partial charge in [0.15, 0.2) is 0 Å². The normalized spacial score (nSPS) is 17.8. The highest BCUT2D eigenvalue weighted by molar-refractivity contribution is 5.49. The van der Waals surface area contributed by atoms with E-state index in [1.54, 1.807) is 12.4 Å². The van der Waals surface area contributed by atoms with Crippen molar-refractivity contribution in [3.8, 4) is 0 Å². The summed E-state index contributed by atoms with van der Waals surface area (Å²) in [5.41, 5.74) is 3.25. The van der Waals surface area contributed by atoms with Gasteiger partial charge in [-0.25, -0.2) is 19.9 Å². The molecule has 0 bridgehead atoms.